The first-order valence-corrected chi connectivity index (χ1v) is 7.27. The van der Waals surface area contributed by atoms with Gasteiger partial charge in [-0.25, -0.2) is 4.98 Å². The lowest BCUT2D eigenvalue weighted by Gasteiger charge is -2.28. The minimum absolute atomic E-state index is 0.608. The number of hydrogen-bond donors (Lipinski definition) is 1. The van der Waals surface area contributed by atoms with Crippen LogP contribution >= 0.6 is 0 Å². The summed E-state index contributed by atoms with van der Waals surface area (Å²) in [5.41, 5.74) is 1.32. The zero-order valence-corrected chi connectivity index (χ0v) is 12.4. The Labute approximate surface area is 116 Å². The average molecular weight is 262 g/mol. The van der Waals surface area contributed by atoms with Crippen LogP contribution in [0.5, 0.6) is 0 Å². The molecule has 1 aliphatic heterocycles. The molecule has 2 heterocycles. The van der Waals surface area contributed by atoms with E-state index in [0.29, 0.717) is 6.04 Å². The van der Waals surface area contributed by atoms with Crippen molar-refractivity contribution in [1.82, 2.24) is 15.2 Å². The van der Waals surface area contributed by atoms with Crippen LogP contribution in [0.25, 0.3) is 0 Å². The van der Waals surface area contributed by atoms with Crippen molar-refractivity contribution in [2.24, 2.45) is 0 Å². The molecule has 0 aliphatic carbocycles. The molecule has 2 rings (SSSR count). The fourth-order valence-electron chi connectivity index (χ4n) is 2.75. The third-order valence-corrected chi connectivity index (χ3v) is 3.64. The molecule has 1 aromatic rings. The molecule has 0 aromatic carbocycles. The van der Waals surface area contributed by atoms with Gasteiger partial charge in [-0.2, -0.15) is 0 Å². The Morgan fingerprint density at radius 1 is 1.47 bits per heavy atom. The fourth-order valence-corrected chi connectivity index (χ4v) is 2.75. The molecule has 0 amide bonds. The van der Waals surface area contributed by atoms with Gasteiger partial charge >= 0.3 is 0 Å². The molecular weight excluding hydrogens is 236 g/mol. The molecule has 1 N–H and O–H groups in total. The van der Waals surface area contributed by atoms with Crippen molar-refractivity contribution < 1.29 is 0 Å². The monoisotopic (exact) mass is 262 g/mol. The highest BCUT2D eigenvalue weighted by Crippen LogP contribution is 2.24. The second-order valence-corrected chi connectivity index (χ2v) is 5.55. The van der Waals surface area contributed by atoms with Gasteiger partial charge in [-0.15, -0.1) is 0 Å². The van der Waals surface area contributed by atoms with E-state index < -0.39 is 0 Å². The topological polar surface area (TPSA) is 31.4 Å². The largest absolute Gasteiger partial charge is 0.352 e. The summed E-state index contributed by atoms with van der Waals surface area (Å²) < 4.78 is 0. The van der Waals surface area contributed by atoms with Crippen LogP contribution in [0.1, 0.15) is 25.3 Å². The summed E-state index contributed by atoms with van der Waals surface area (Å²) in [6.07, 6.45) is 4.49. The van der Waals surface area contributed by atoms with Gasteiger partial charge in [0.15, 0.2) is 0 Å². The standard InChI is InChI=1S/C15H26N4/c1-4-16-11-13-7-8-17-15(10-13)19-9-5-6-14(19)12-18(2)3/h7-8,10,14,16H,4-6,9,11-12H2,1-3H3. The molecule has 1 saturated heterocycles. The molecule has 1 atom stereocenters. The Morgan fingerprint density at radius 2 is 2.32 bits per heavy atom. The SMILES string of the molecule is CCNCc1ccnc(N2CCCC2CN(C)C)c1. The van der Waals surface area contributed by atoms with E-state index in [4.69, 9.17) is 0 Å². The minimum Gasteiger partial charge on any atom is -0.352 e. The summed E-state index contributed by atoms with van der Waals surface area (Å²) in [7, 11) is 4.29. The molecule has 0 radical (unpaired) electrons. The molecule has 0 saturated carbocycles. The maximum Gasteiger partial charge on any atom is 0.129 e. The molecule has 1 fully saturated rings. The van der Waals surface area contributed by atoms with Crippen molar-refractivity contribution in [3.8, 4) is 0 Å². The van der Waals surface area contributed by atoms with E-state index in [2.05, 4.69) is 53.3 Å². The molecule has 106 valence electrons. The lowest BCUT2D eigenvalue weighted by Crippen LogP contribution is -2.38. The molecule has 19 heavy (non-hydrogen) atoms. The van der Waals surface area contributed by atoms with Gasteiger partial charge in [0, 0.05) is 31.9 Å². The summed E-state index contributed by atoms with van der Waals surface area (Å²) in [4.78, 5) is 9.30. The number of anilines is 1. The Kier molecular flexibility index (Phi) is 5.16. The van der Waals surface area contributed by atoms with E-state index in [1.54, 1.807) is 0 Å². The van der Waals surface area contributed by atoms with Crippen molar-refractivity contribution in [1.29, 1.82) is 0 Å². The van der Waals surface area contributed by atoms with Crippen molar-refractivity contribution in [2.45, 2.75) is 32.4 Å². The second kappa shape index (κ2) is 6.87. The van der Waals surface area contributed by atoms with Crippen molar-refractivity contribution >= 4 is 5.82 Å². The highest BCUT2D eigenvalue weighted by atomic mass is 15.3. The summed E-state index contributed by atoms with van der Waals surface area (Å²) >= 11 is 0. The lowest BCUT2D eigenvalue weighted by molar-refractivity contribution is 0.371. The van der Waals surface area contributed by atoms with Crippen molar-refractivity contribution in [2.75, 3.05) is 38.6 Å². The highest BCUT2D eigenvalue weighted by molar-refractivity contribution is 5.43. The maximum atomic E-state index is 4.57. The van der Waals surface area contributed by atoms with Crippen LogP contribution in [0.4, 0.5) is 5.82 Å². The maximum absolute atomic E-state index is 4.57. The number of hydrogen-bond acceptors (Lipinski definition) is 4. The number of pyridine rings is 1. The predicted molar refractivity (Wildman–Crippen MR) is 80.5 cm³/mol. The van der Waals surface area contributed by atoms with Gasteiger partial charge in [-0.3, -0.25) is 0 Å². The molecule has 1 aliphatic rings. The van der Waals surface area contributed by atoms with Crippen LogP contribution in [0.3, 0.4) is 0 Å². The molecule has 4 heteroatoms. The molecule has 4 nitrogen and oxygen atoms in total. The Hall–Kier alpha value is -1.13. The lowest BCUT2D eigenvalue weighted by atomic mass is 10.2. The first-order chi connectivity index (χ1) is 9.20. The quantitative estimate of drug-likeness (QED) is 0.846. The van der Waals surface area contributed by atoms with E-state index in [1.165, 1.54) is 18.4 Å². The molecular formula is C15H26N4. The first-order valence-electron chi connectivity index (χ1n) is 7.27. The van der Waals surface area contributed by atoms with Crippen LogP contribution in [0.15, 0.2) is 18.3 Å². The number of rotatable bonds is 6. The number of nitrogens with zero attached hydrogens (tertiary/aromatic N) is 3. The minimum atomic E-state index is 0.608. The van der Waals surface area contributed by atoms with Gasteiger partial charge in [0.25, 0.3) is 0 Å². The zero-order chi connectivity index (χ0) is 13.7. The molecule has 1 unspecified atom stereocenters. The highest BCUT2D eigenvalue weighted by Gasteiger charge is 2.25. The van der Waals surface area contributed by atoms with E-state index in [-0.39, 0.29) is 0 Å². The zero-order valence-electron chi connectivity index (χ0n) is 12.4. The third-order valence-electron chi connectivity index (χ3n) is 3.64. The van der Waals surface area contributed by atoms with Crippen LogP contribution in [0.2, 0.25) is 0 Å². The normalized spacial score (nSPS) is 19.4. The number of likely N-dealkylation sites (N-methyl/N-ethyl adjacent to an activating group) is 1. The van der Waals surface area contributed by atoms with Crippen LogP contribution in [0, 0.1) is 0 Å². The van der Waals surface area contributed by atoms with E-state index in [9.17, 15) is 0 Å². The van der Waals surface area contributed by atoms with Gasteiger partial charge in [0.2, 0.25) is 0 Å². The molecule has 0 bridgehead atoms. The van der Waals surface area contributed by atoms with Gasteiger partial charge in [-0.05, 0) is 51.2 Å². The Morgan fingerprint density at radius 3 is 3.05 bits per heavy atom. The Balaban J connectivity index is 2.07. The van der Waals surface area contributed by atoms with Gasteiger partial charge in [0.1, 0.15) is 5.82 Å². The summed E-state index contributed by atoms with van der Waals surface area (Å²) in [6, 6.07) is 4.94. The van der Waals surface area contributed by atoms with Gasteiger partial charge in [0.05, 0.1) is 0 Å². The predicted octanol–water partition coefficient (Wildman–Crippen LogP) is 1.72. The smallest absolute Gasteiger partial charge is 0.129 e. The van der Waals surface area contributed by atoms with E-state index in [1.807, 2.05) is 6.20 Å². The van der Waals surface area contributed by atoms with Crippen LogP contribution in [-0.4, -0.2) is 49.7 Å². The first kappa shape index (κ1) is 14.3. The summed E-state index contributed by atoms with van der Waals surface area (Å²) in [6.45, 7) is 6.31. The van der Waals surface area contributed by atoms with Crippen molar-refractivity contribution in [3.63, 3.8) is 0 Å². The number of aromatic nitrogens is 1. The summed E-state index contributed by atoms with van der Waals surface area (Å²) in [5.74, 6) is 1.14. The van der Waals surface area contributed by atoms with Crippen LogP contribution < -0.4 is 10.2 Å². The third kappa shape index (κ3) is 3.91. The summed E-state index contributed by atoms with van der Waals surface area (Å²) in [5, 5.41) is 3.37. The fraction of sp³-hybridized carbons (Fsp3) is 0.667. The van der Waals surface area contributed by atoms with Gasteiger partial charge < -0.3 is 15.1 Å². The van der Waals surface area contributed by atoms with E-state index >= 15 is 0 Å². The molecule has 1 aromatic heterocycles. The average Bonchev–Trinajstić information content (AvgIpc) is 2.84. The van der Waals surface area contributed by atoms with E-state index in [0.717, 1.165) is 32.0 Å². The number of nitrogens with one attached hydrogen (secondary N) is 1. The van der Waals surface area contributed by atoms with Crippen molar-refractivity contribution in [3.05, 3.63) is 23.9 Å². The van der Waals surface area contributed by atoms with Crippen LogP contribution in [-0.2, 0) is 6.54 Å². The molecule has 0 spiro atoms. The second-order valence-electron chi connectivity index (χ2n) is 5.55. The Bertz CT molecular complexity index is 391. The van der Waals surface area contributed by atoms with Gasteiger partial charge in [-0.1, -0.05) is 6.92 Å².